The van der Waals surface area contributed by atoms with Crippen LogP contribution >= 0.6 is 0 Å². The van der Waals surface area contributed by atoms with E-state index >= 15 is 0 Å². The van der Waals surface area contributed by atoms with Gasteiger partial charge in [0.25, 0.3) is 5.91 Å². The fourth-order valence-electron chi connectivity index (χ4n) is 4.10. The van der Waals surface area contributed by atoms with Crippen molar-refractivity contribution in [3.8, 4) is 17.2 Å². The Balaban J connectivity index is 1.42. The van der Waals surface area contributed by atoms with E-state index in [1.54, 1.807) is 18.2 Å². The summed E-state index contributed by atoms with van der Waals surface area (Å²) in [4.78, 5) is 28.3. The third-order valence-electron chi connectivity index (χ3n) is 5.62. The molecule has 0 spiro atoms. The number of H-pyrrole nitrogens is 1. The number of carbonyl (C=O) groups is 2. The zero-order valence-corrected chi connectivity index (χ0v) is 18.4. The van der Waals surface area contributed by atoms with Crippen LogP contribution in [0.2, 0.25) is 0 Å². The van der Waals surface area contributed by atoms with Crippen LogP contribution in [0.1, 0.15) is 34.5 Å². The molecule has 0 saturated heterocycles. The van der Waals surface area contributed by atoms with Gasteiger partial charge in [0.1, 0.15) is 0 Å². The summed E-state index contributed by atoms with van der Waals surface area (Å²) >= 11 is 0. The average molecular weight is 438 g/mol. The van der Waals surface area contributed by atoms with Crippen molar-refractivity contribution in [2.75, 3.05) is 33.3 Å². The van der Waals surface area contributed by atoms with Gasteiger partial charge in [-0.3, -0.25) is 4.79 Å². The summed E-state index contributed by atoms with van der Waals surface area (Å²) in [6, 6.07) is 8.65. The molecule has 0 radical (unpaired) electrons. The Morgan fingerprint density at radius 3 is 2.38 bits per heavy atom. The molecular weight excluding hydrogens is 412 g/mol. The molecule has 0 bridgehead atoms. The molecule has 0 saturated carbocycles. The van der Waals surface area contributed by atoms with E-state index in [2.05, 4.69) is 10.3 Å². The van der Waals surface area contributed by atoms with Gasteiger partial charge < -0.3 is 29.2 Å². The van der Waals surface area contributed by atoms with Crippen molar-refractivity contribution in [1.29, 1.82) is 0 Å². The van der Waals surface area contributed by atoms with Crippen molar-refractivity contribution >= 4 is 28.5 Å². The first kappa shape index (κ1) is 21.5. The maximum absolute atomic E-state index is 12.6. The lowest BCUT2D eigenvalue weighted by Gasteiger charge is -2.14. The molecule has 2 aromatic carbocycles. The van der Waals surface area contributed by atoms with Crippen molar-refractivity contribution in [3.63, 3.8) is 0 Å². The van der Waals surface area contributed by atoms with Crippen molar-refractivity contribution in [2.24, 2.45) is 0 Å². The first-order chi connectivity index (χ1) is 15.5. The SMILES string of the molecule is COc1cc(NC(=O)COC(=O)c2ccc3[nH]c4c(c3c2)CCCC4)cc(OC)c1OC. The predicted octanol–water partition coefficient (Wildman–Crippen LogP) is 3.87. The lowest BCUT2D eigenvalue weighted by Crippen LogP contribution is -2.21. The highest BCUT2D eigenvalue weighted by molar-refractivity contribution is 5.98. The van der Waals surface area contributed by atoms with Gasteiger partial charge in [0, 0.05) is 34.4 Å². The number of aromatic amines is 1. The van der Waals surface area contributed by atoms with Gasteiger partial charge in [0.15, 0.2) is 18.1 Å². The Kier molecular flexibility index (Phi) is 6.20. The molecule has 0 atom stereocenters. The minimum absolute atomic E-state index is 0.405. The van der Waals surface area contributed by atoms with Crippen LogP contribution in [0.3, 0.4) is 0 Å². The van der Waals surface area contributed by atoms with E-state index in [1.807, 2.05) is 12.1 Å². The molecule has 4 rings (SSSR count). The Labute approximate surface area is 185 Å². The number of hydrogen-bond acceptors (Lipinski definition) is 6. The maximum atomic E-state index is 12.6. The highest BCUT2D eigenvalue weighted by Gasteiger charge is 2.19. The van der Waals surface area contributed by atoms with Crippen LogP contribution in [0.4, 0.5) is 5.69 Å². The van der Waals surface area contributed by atoms with E-state index in [1.165, 1.54) is 39.0 Å². The second-order valence-electron chi connectivity index (χ2n) is 7.59. The number of fused-ring (bicyclic) bond motifs is 3. The number of carbonyl (C=O) groups excluding carboxylic acids is 2. The van der Waals surface area contributed by atoms with Gasteiger partial charge in [-0.05, 0) is 49.4 Å². The number of aryl methyl sites for hydroxylation is 2. The number of nitrogens with one attached hydrogen (secondary N) is 2. The average Bonchev–Trinajstić information content (AvgIpc) is 3.19. The van der Waals surface area contributed by atoms with Crippen LogP contribution in [-0.4, -0.2) is 44.8 Å². The fraction of sp³-hybridized carbons (Fsp3) is 0.333. The van der Waals surface area contributed by atoms with Crippen molar-refractivity contribution in [3.05, 3.63) is 47.2 Å². The van der Waals surface area contributed by atoms with Crippen LogP contribution in [0, 0.1) is 0 Å². The van der Waals surface area contributed by atoms with Crippen molar-refractivity contribution in [2.45, 2.75) is 25.7 Å². The van der Waals surface area contributed by atoms with Gasteiger partial charge in [0.05, 0.1) is 26.9 Å². The number of methoxy groups -OCH3 is 3. The number of rotatable bonds is 7. The van der Waals surface area contributed by atoms with E-state index in [0.717, 1.165) is 30.2 Å². The molecule has 0 fully saturated rings. The van der Waals surface area contributed by atoms with Crippen LogP contribution in [0.15, 0.2) is 30.3 Å². The molecule has 32 heavy (non-hydrogen) atoms. The lowest BCUT2D eigenvalue weighted by molar-refractivity contribution is -0.119. The van der Waals surface area contributed by atoms with E-state index in [-0.39, 0.29) is 0 Å². The minimum Gasteiger partial charge on any atom is -0.493 e. The van der Waals surface area contributed by atoms with Gasteiger partial charge >= 0.3 is 5.97 Å². The second kappa shape index (κ2) is 9.21. The predicted molar refractivity (Wildman–Crippen MR) is 120 cm³/mol. The third-order valence-corrected chi connectivity index (χ3v) is 5.62. The molecule has 0 aliphatic heterocycles. The first-order valence-electron chi connectivity index (χ1n) is 10.4. The molecule has 0 unspecified atom stereocenters. The summed E-state index contributed by atoms with van der Waals surface area (Å²) in [5, 5.41) is 3.73. The molecule has 2 N–H and O–H groups in total. The number of amides is 1. The van der Waals surface area contributed by atoms with Gasteiger partial charge in [-0.1, -0.05) is 0 Å². The summed E-state index contributed by atoms with van der Waals surface area (Å²) in [6.07, 6.45) is 4.36. The highest BCUT2D eigenvalue weighted by Crippen LogP contribution is 2.40. The quantitative estimate of drug-likeness (QED) is 0.544. The molecular formula is C24H26N2O6. The van der Waals surface area contributed by atoms with Crippen LogP contribution in [0.25, 0.3) is 10.9 Å². The number of hydrogen-bond donors (Lipinski definition) is 2. The van der Waals surface area contributed by atoms with E-state index in [4.69, 9.17) is 18.9 Å². The van der Waals surface area contributed by atoms with Gasteiger partial charge in [-0.25, -0.2) is 4.79 Å². The van der Waals surface area contributed by atoms with Crippen molar-refractivity contribution < 1.29 is 28.5 Å². The largest absolute Gasteiger partial charge is 0.493 e. The fourth-order valence-corrected chi connectivity index (χ4v) is 4.10. The maximum Gasteiger partial charge on any atom is 0.338 e. The molecule has 1 aliphatic rings. The smallest absolute Gasteiger partial charge is 0.338 e. The first-order valence-corrected chi connectivity index (χ1v) is 10.4. The standard InChI is InChI=1S/C24H26N2O6/c1-29-20-11-15(12-21(30-2)23(20)31-3)25-22(27)13-32-24(28)14-8-9-19-17(10-14)16-6-4-5-7-18(16)26-19/h8-12,26H,4-7,13H2,1-3H3,(H,25,27). The minimum atomic E-state index is -0.544. The summed E-state index contributed by atoms with van der Waals surface area (Å²) in [5.41, 5.74) is 4.41. The molecule has 168 valence electrons. The van der Waals surface area contributed by atoms with E-state index in [9.17, 15) is 9.59 Å². The van der Waals surface area contributed by atoms with Crippen LogP contribution < -0.4 is 19.5 Å². The van der Waals surface area contributed by atoms with Crippen molar-refractivity contribution in [1.82, 2.24) is 4.98 Å². The molecule has 1 amide bonds. The van der Waals surface area contributed by atoms with Crippen LogP contribution in [-0.2, 0) is 22.4 Å². The zero-order chi connectivity index (χ0) is 22.7. The van der Waals surface area contributed by atoms with E-state index < -0.39 is 18.5 Å². The number of anilines is 1. The number of benzene rings is 2. The topological polar surface area (TPSA) is 98.9 Å². The van der Waals surface area contributed by atoms with Crippen LogP contribution in [0.5, 0.6) is 17.2 Å². The number of esters is 1. The second-order valence-corrected chi connectivity index (χ2v) is 7.59. The lowest BCUT2D eigenvalue weighted by atomic mass is 9.95. The zero-order valence-electron chi connectivity index (χ0n) is 18.4. The third kappa shape index (κ3) is 4.21. The van der Waals surface area contributed by atoms with Gasteiger partial charge in [-0.15, -0.1) is 0 Å². The highest BCUT2D eigenvalue weighted by atomic mass is 16.5. The summed E-state index contributed by atoms with van der Waals surface area (Å²) in [5.74, 6) is 0.205. The Hall–Kier alpha value is -3.68. The van der Waals surface area contributed by atoms with Gasteiger partial charge in [-0.2, -0.15) is 0 Å². The molecule has 8 nitrogen and oxygen atoms in total. The molecule has 1 aromatic heterocycles. The number of ether oxygens (including phenoxy) is 4. The Bertz CT molecular complexity index is 1140. The molecule has 1 aliphatic carbocycles. The molecule has 1 heterocycles. The van der Waals surface area contributed by atoms with Gasteiger partial charge in [0.2, 0.25) is 5.75 Å². The monoisotopic (exact) mass is 438 g/mol. The summed E-state index contributed by atoms with van der Waals surface area (Å²) in [6.45, 7) is -0.418. The summed E-state index contributed by atoms with van der Waals surface area (Å²) in [7, 11) is 4.48. The molecule has 3 aromatic rings. The molecule has 8 heteroatoms. The Morgan fingerprint density at radius 1 is 0.969 bits per heavy atom. The Morgan fingerprint density at radius 2 is 1.69 bits per heavy atom. The van der Waals surface area contributed by atoms with E-state index in [0.29, 0.717) is 28.5 Å². The normalized spacial score (nSPS) is 12.7. The number of aromatic nitrogens is 1. The summed E-state index contributed by atoms with van der Waals surface area (Å²) < 4.78 is 21.1.